The minimum absolute atomic E-state index is 0.291. The highest BCUT2D eigenvalue weighted by Crippen LogP contribution is 2.37. The first-order valence-corrected chi connectivity index (χ1v) is 14.5. The standard InChI is InChI=1S/C30H30N2O6S2/c1-17-11-13-19(14-12-17)24-16-39-28(25(24)30(37)38-3)32-26(33)18(2)40-21-8-6-7-20(15-21)31-27(34)22-9-4-5-10-23(22)29(35)36/h4-8,11-16,18,22-23H,9-10H2,1-3H3,(H,31,34)(H,32,33)(H,35,36). The molecular weight excluding hydrogens is 548 g/mol. The maximum atomic E-state index is 13.1. The average Bonchev–Trinajstić information content (AvgIpc) is 3.36. The van der Waals surface area contributed by atoms with E-state index in [1.165, 1.54) is 30.2 Å². The number of hydrogen-bond donors (Lipinski definition) is 3. The van der Waals surface area contributed by atoms with Crippen LogP contribution in [0, 0.1) is 18.8 Å². The number of hydrogen-bond acceptors (Lipinski definition) is 7. The van der Waals surface area contributed by atoms with E-state index in [9.17, 15) is 24.3 Å². The number of aliphatic carboxylic acids is 1. The van der Waals surface area contributed by atoms with Crippen LogP contribution >= 0.6 is 23.1 Å². The second-order valence-electron chi connectivity index (χ2n) is 9.47. The van der Waals surface area contributed by atoms with Gasteiger partial charge in [0.1, 0.15) is 10.6 Å². The number of anilines is 2. The zero-order chi connectivity index (χ0) is 28.8. The van der Waals surface area contributed by atoms with Gasteiger partial charge >= 0.3 is 11.9 Å². The molecule has 3 N–H and O–H groups in total. The minimum Gasteiger partial charge on any atom is -0.481 e. The van der Waals surface area contributed by atoms with E-state index in [1.807, 2.05) is 48.7 Å². The number of allylic oxidation sites excluding steroid dienone is 2. The predicted octanol–water partition coefficient (Wildman–Crippen LogP) is 6.23. The van der Waals surface area contributed by atoms with Crippen LogP contribution < -0.4 is 10.6 Å². The van der Waals surface area contributed by atoms with Gasteiger partial charge in [-0.1, -0.05) is 48.0 Å². The lowest BCUT2D eigenvalue weighted by Crippen LogP contribution is -2.34. The van der Waals surface area contributed by atoms with E-state index in [2.05, 4.69) is 10.6 Å². The van der Waals surface area contributed by atoms with Gasteiger partial charge in [0, 0.05) is 21.5 Å². The molecule has 1 aliphatic rings. The maximum absolute atomic E-state index is 13.1. The number of esters is 1. The van der Waals surface area contributed by atoms with Gasteiger partial charge in [0.25, 0.3) is 0 Å². The van der Waals surface area contributed by atoms with Crippen molar-refractivity contribution in [2.24, 2.45) is 11.8 Å². The van der Waals surface area contributed by atoms with Crippen LogP contribution in [0.5, 0.6) is 0 Å². The van der Waals surface area contributed by atoms with Gasteiger partial charge in [0.2, 0.25) is 11.8 Å². The van der Waals surface area contributed by atoms with E-state index in [4.69, 9.17) is 4.74 Å². The highest BCUT2D eigenvalue weighted by Gasteiger charge is 2.34. The van der Waals surface area contributed by atoms with Crippen LogP contribution in [0.2, 0.25) is 0 Å². The first-order chi connectivity index (χ1) is 19.2. The molecule has 40 heavy (non-hydrogen) atoms. The Morgan fingerprint density at radius 3 is 2.40 bits per heavy atom. The number of carboxylic acid groups (broad SMARTS) is 1. The van der Waals surface area contributed by atoms with Gasteiger partial charge in [-0.3, -0.25) is 14.4 Å². The van der Waals surface area contributed by atoms with Crippen molar-refractivity contribution in [2.75, 3.05) is 17.7 Å². The topological polar surface area (TPSA) is 122 Å². The fourth-order valence-electron chi connectivity index (χ4n) is 4.43. The first-order valence-electron chi connectivity index (χ1n) is 12.7. The normalized spacial score (nSPS) is 17.1. The summed E-state index contributed by atoms with van der Waals surface area (Å²) < 4.78 is 5.01. The van der Waals surface area contributed by atoms with Crippen molar-refractivity contribution in [1.82, 2.24) is 0 Å². The molecule has 0 saturated carbocycles. The fraction of sp³-hybridized carbons (Fsp3) is 0.267. The van der Waals surface area contributed by atoms with Crippen molar-refractivity contribution >= 4 is 57.5 Å². The quantitative estimate of drug-likeness (QED) is 0.156. The molecular formula is C30H30N2O6S2. The summed E-state index contributed by atoms with van der Waals surface area (Å²) >= 11 is 2.56. The zero-order valence-corrected chi connectivity index (χ0v) is 23.9. The van der Waals surface area contributed by atoms with Crippen LogP contribution in [0.15, 0.2) is 71.0 Å². The lowest BCUT2D eigenvalue weighted by atomic mass is 9.82. The summed E-state index contributed by atoms with van der Waals surface area (Å²) in [4.78, 5) is 50.9. The summed E-state index contributed by atoms with van der Waals surface area (Å²) in [5, 5.41) is 16.9. The molecule has 0 aliphatic heterocycles. The lowest BCUT2D eigenvalue weighted by molar-refractivity contribution is -0.146. The molecule has 1 heterocycles. The number of aryl methyl sites for hydroxylation is 1. The Bertz CT molecular complexity index is 1450. The minimum atomic E-state index is -0.985. The Morgan fingerprint density at radius 1 is 1.02 bits per heavy atom. The Hall–Kier alpha value is -3.89. The van der Waals surface area contributed by atoms with Crippen LogP contribution in [-0.4, -0.2) is 41.2 Å². The van der Waals surface area contributed by atoms with Crippen molar-refractivity contribution in [3.05, 3.63) is 77.2 Å². The Morgan fingerprint density at radius 2 is 1.73 bits per heavy atom. The van der Waals surface area contributed by atoms with Crippen LogP contribution in [0.25, 0.3) is 11.1 Å². The van der Waals surface area contributed by atoms with E-state index in [0.717, 1.165) is 16.0 Å². The first kappa shape index (κ1) is 29.1. The molecule has 8 nitrogen and oxygen atoms in total. The van der Waals surface area contributed by atoms with E-state index in [0.29, 0.717) is 34.7 Å². The number of rotatable bonds is 9. The third-order valence-electron chi connectivity index (χ3n) is 6.65. The molecule has 2 amide bonds. The van der Waals surface area contributed by atoms with Gasteiger partial charge < -0.3 is 20.5 Å². The summed E-state index contributed by atoms with van der Waals surface area (Å²) in [6.07, 6.45) is 4.32. The van der Waals surface area contributed by atoms with Crippen LogP contribution in [0.1, 0.15) is 35.7 Å². The Labute approximate surface area is 240 Å². The number of benzene rings is 2. The summed E-state index contributed by atoms with van der Waals surface area (Å²) in [6.45, 7) is 3.74. The summed E-state index contributed by atoms with van der Waals surface area (Å²) in [5.74, 6) is -3.56. The second-order valence-corrected chi connectivity index (χ2v) is 11.8. The number of ether oxygens (including phenoxy) is 1. The van der Waals surface area contributed by atoms with Crippen molar-refractivity contribution < 1.29 is 29.0 Å². The highest BCUT2D eigenvalue weighted by molar-refractivity contribution is 8.00. The van der Waals surface area contributed by atoms with Crippen LogP contribution in [-0.2, 0) is 19.1 Å². The molecule has 3 atom stereocenters. The highest BCUT2D eigenvalue weighted by atomic mass is 32.2. The number of carbonyl (C=O) groups excluding carboxylic acids is 3. The maximum Gasteiger partial charge on any atom is 0.341 e. The van der Waals surface area contributed by atoms with Crippen molar-refractivity contribution in [1.29, 1.82) is 0 Å². The lowest BCUT2D eigenvalue weighted by Gasteiger charge is -2.24. The molecule has 0 saturated heterocycles. The molecule has 2 aromatic carbocycles. The number of carbonyl (C=O) groups is 4. The molecule has 0 fully saturated rings. The average molecular weight is 579 g/mol. The summed E-state index contributed by atoms with van der Waals surface area (Å²) in [6, 6.07) is 14.8. The van der Waals surface area contributed by atoms with Gasteiger partial charge in [-0.25, -0.2) is 4.79 Å². The monoisotopic (exact) mass is 578 g/mol. The van der Waals surface area contributed by atoms with Crippen LogP contribution in [0.4, 0.5) is 10.7 Å². The van der Waals surface area contributed by atoms with E-state index >= 15 is 0 Å². The Kier molecular flexibility index (Phi) is 9.44. The number of methoxy groups -OCH3 is 1. The number of amides is 2. The third-order valence-corrected chi connectivity index (χ3v) is 8.64. The smallest absolute Gasteiger partial charge is 0.341 e. The number of thiophene rings is 1. The van der Waals surface area contributed by atoms with Crippen LogP contribution in [0.3, 0.4) is 0 Å². The fourth-order valence-corrected chi connectivity index (χ4v) is 6.32. The second kappa shape index (κ2) is 13.0. The molecule has 0 spiro atoms. The SMILES string of the molecule is COC(=O)c1c(-c2ccc(C)cc2)csc1NC(=O)C(C)Sc1cccc(NC(=O)C2CC=CCC2C(=O)O)c1. The summed E-state index contributed by atoms with van der Waals surface area (Å²) in [7, 11) is 1.31. The molecule has 3 aromatic rings. The van der Waals surface area contributed by atoms with Gasteiger partial charge in [0.15, 0.2) is 0 Å². The van der Waals surface area contributed by atoms with Gasteiger partial charge in [-0.15, -0.1) is 23.1 Å². The molecule has 10 heteroatoms. The third kappa shape index (κ3) is 6.81. The molecule has 0 radical (unpaired) electrons. The molecule has 1 aromatic heterocycles. The number of nitrogens with one attached hydrogen (secondary N) is 2. The van der Waals surface area contributed by atoms with Gasteiger partial charge in [0.05, 0.1) is 24.2 Å². The van der Waals surface area contributed by atoms with Crippen molar-refractivity contribution in [2.45, 2.75) is 36.8 Å². The molecule has 208 valence electrons. The van der Waals surface area contributed by atoms with E-state index in [-0.39, 0.29) is 11.8 Å². The number of thioether (sulfide) groups is 1. The molecule has 1 aliphatic carbocycles. The zero-order valence-electron chi connectivity index (χ0n) is 22.3. The van der Waals surface area contributed by atoms with Gasteiger partial charge in [-0.05, 0) is 50.5 Å². The summed E-state index contributed by atoms with van der Waals surface area (Å²) in [5.41, 5.74) is 3.47. The van der Waals surface area contributed by atoms with Crippen molar-refractivity contribution in [3.63, 3.8) is 0 Å². The molecule has 4 rings (SSSR count). The number of carboxylic acids is 1. The predicted molar refractivity (Wildman–Crippen MR) is 158 cm³/mol. The molecule has 0 bridgehead atoms. The Balaban J connectivity index is 1.44. The largest absolute Gasteiger partial charge is 0.481 e. The van der Waals surface area contributed by atoms with E-state index < -0.39 is 29.0 Å². The van der Waals surface area contributed by atoms with Gasteiger partial charge in [-0.2, -0.15) is 0 Å². The van der Waals surface area contributed by atoms with Crippen molar-refractivity contribution in [3.8, 4) is 11.1 Å². The molecule has 3 unspecified atom stereocenters. The van der Waals surface area contributed by atoms with E-state index in [1.54, 1.807) is 31.2 Å².